The van der Waals surface area contributed by atoms with Crippen LogP contribution in [0.3, 0.4) is 0 Å². The Morgan fingerprint density at radius 1 is 0.966 bits per heavy atom. The highest BCUT2D eigenvalue weighted by molar-refractivity contribution is 7.89. The second-order valence-corrected chi connectivity index (χ2v) is 10.3. The molecular formula is C23H30N2O3S. The molecule has 0 bridgehead atoms. The first kappa shape index (κ1) is 20.5. The quantitative estimate of drug-likeness (QED) is 0.817. The average molecular weight is 415 g/mol. The maximum atomic E-state index is 12.5. The van der Waals surface area contributed by atoms with Gasteiger partial charge in [0.05, 0.1) is 12.4 Å². The smallest absolute Gasteiger partial charge is 0.213 e. The molecule has 156 valence electrons. The van der Waals surface area contributed by atoms with Crippen molar-refractivity contribution in [1.29, 1.82) is 0 Å². The van der Waals surface area contributed by atoms with E-state index < -0.39 is 10.0 Å². The maximum Gasteiger partial charge on any atom is 0.213 e. The zero-order valence-corrected chi connectivity index (χ0v) is 17.8. The standard InChI is InChI=1S/C23H30N2O3S/c1-2-29(27,28)24-14-6-7-15-25-21(16-24)23(22(25)17-26)20-12-10-19(11-13-20)18-8-4-3-5-9-18/h3-5,8-13,21-23,26H,2,6-7,14-17H2,1H3/t21-,22+,23-/m1/s1. The van der Waals surface area contributed by atoms with Gasteiger partial charge in [0.2, 0.25) is 10.0 Å². The summed E-state index contributed by atoms with van der Waals surface area (Å²) < 4.78 is 26.8. The minimum Gasteiger partial charge on any atom is -0.395 e. The molecule has 2 aromatic carbocycles. The summed E-state index contributed by atoms with van der Waals surface area (Å²) in [6.45, 7) is 3.85. The summed E-state index contributed by atoms with van der Waals surface area (Å²) in [5, 5.41) is 10.0. The summed E-state index contributed by atoms with van der Waals surface area (Å²) in [6, 6.07) is 19.0. The maximum absolute atomic E-state index is 12.5. The van der Waals surface area contributed by atoms with Crippen LogP contribution in [0.2, 0.25) is 0 Å². The molecule has 0 radical (unpaired) electrons. The Labute approximate surface area is 174 Å². The summed E-state index contributed by atoms with van der Waals surface area (Å²) in [7, 11) is -3.21. The fourth-order valence-electron chi connectivity index (χ4n) is 4.87. The Morgan fingerprint density at radius 3 is 2.28 bits per heavy atom. The van der Waals surface area contributed by atoms with Gasteiger partial charge in [0.1, 0.15) is 0 Å². The minimum atomic E-state index is -3.21. The lowest BCUT2D eigenvalue weighted by Gasteiger charge is -2.57. The van der Waals surface area contributed by atoms with Gasteiger partial charge in [0, 0.05) is 31.1 Å². The molecule has 2 saturated heterocycles. The van der Waals surface area contributed by atoms with Crippen molar-refractivity contribution in [2.75, 3.05) is 32.0 Å². The molecule has 0 amide bonds. The number of benzene rings is 2. The van der Waals surface area contributed by atoms with Gasteiger partial charge in [-0.3, -0.25) is 4.90 Å². The van der Waals surface area contributed by atoms with E-state index in [1.807, 2.05) is 18.2 Å². The van der Waals surface area contributed by atoms with E-state index in [1.165, 1.54) is 16.7 Å². The van der Waals surface area contributed by atoms with Crippen LogP contribution in [0.1, 0.15) is 31.2 Å². The number of rotatable bonds is 5. The monoisotopic (exact) mass is 414 g/mol. The summed E-state index contributed by atoms with van der Waals surface area (Å²) >= 11 is 0. The van der Waals surface area contributed by atoms with Crippen LogP contribution in [-0.4, -0.2) is 66.8 Å². The van der Waals surface area contributed by atoms with Gasteiger partial charge in [0.25, 0.3) is 0 Å². The van der Waals surface area contributed by atoms with E-state index >= 15 is 0 Å². The van der Waals surface area contributed by atoms with Gasteiger partial charge < -0.3 is 5.11 Å². The number of hydrogen-bond donors (Lipinski definition) is 1. The molecule has 0 aliphatic carbocycles. The number of fused-ring (bicyclic) bond motifs is 1. The molecule has 5 nitrogen and oxygen atoms in total. The highest BCUT2D eigenvalue weighted by Crippen LogP contribution is 2.42. The third-order valence-corrected chi connectivity index (χ3v) is 8.34. The van der Waals surface area contributed by atoms with Gasteiger partial charge in [-0.2, -0.15) is 0 Å². The SMILES string of the molecule is CCS(=O)(=O)N1CCCCN2[C@H](C1)[C@@H](c1ccc(-c3ccccc3)cc1)[C@@H]2CO. The topological polar surface area (TPSA) is 60.9 Å². The van der Waals surface area contributed by atoms with Gasteiger partial charge in [-0.1, -0.05) is 54.6 Å². The van der Waals surface area contributed by atoms with E-state index in [9.17, 15) is 13.5 Å². The Hall–Kier alpha value is -1.73. The number of aliphatic hydroxyl groups excluding tert-OH is 1. The van der Waals surface area contributed by atoms with Crippen LogP contribution in [0.25, 0.3) is 11.1 Å². The molecule has 2 aliphatic heterocycles. The van der Waals surface area contributed by atoms with Crippen LogP contribution in [0.15, 0.2) is 54.6 Å². The normalized spacial score (nSPS) is 26.2. The van der Waals surface area contributed by atoms with Crippen molar-refractivity contribution in [2.45, 2.75) is 37.8 Å². The van der Waals surface area contributed by atoms with Crippen LogP contribution in [0.4, 0.5) is 0 Å². The Balaban J connectivity index is 1.60. The van der Waals surface area contributed by atoms with Crippen LogP contribution < -0.4 is 0 Å². The molecule has 4 rings (SSSR count). The van der Waals surface area contributed by atoms with Gasteiger partial charge in [0.15, 0.2) is 0 Å². The molecule has 1 N–H and O–H groups in total. The predicted molar refractivity (Wildman–Crippen MR) is 116 cm³/mol. The van der Waals surface area contributed by atoms with E-state index in [2.05, 4.69) is 41.3 Å². The zero-order valence-electron chi connectivity index (χ0n) is 16.9. The van der Waals surface area contributed by atoms with E-state index in [0.29, 0.717) is 13.1 Å². The third-order valence-electron chi connectivity index (χ3n) is 6.49. The van der Waals surface area contributed by atoms with Crippen molar-refractivity contribution in [2.24, 2.45) is 0 Å². The molecule has 3 atom stereocenters. The number of hydrogen-bond acceptors (Lipinski definition) is 4. The first-order valence-corrected chi connectivity index (χ1v) is 12.2. The molecule has 2 fully saturated rings. The molecule has 6 heteroatoms. The van der Waals surface area contributed by atoms with Crippen LogP contribution in [0.5, 0.6) is 0 Å². The first-order chi connectivity index (χ1) is 14.0. The first-order valence-electron chi connectivity index (χ1n) is 10.5. The Morgan fingerprint density at radius 2 is 1.62 bits per heavy atom. The second kappa shape index (κ2) is 8.56. The van der Waals surface area contributed by atoms with Crippen molar-refractivity contribution >= 4 is 10.0 Å². The highest BCUT2D eigenvalue weighted by Gasteiger charge is 2.49. The lowest BCUT2D eigenvalue weighted by Crippen LogP contribution is -2.67. The number of nitrogens with zero attached hydrogens (tertiary/aromatic N) is 2. The largest absolute Gasteiger partial charge is 0.395 e. The lowest BCUT2D eigenvalue weighted by atomic mass is 9.74. The van der Waals surface area contributed by atoms with E-state index in [-0.39, 0.29) is 30.4 Å². The van der Waals surface area contributed by atoms with Crippen molar-refractivity contribution in [3.8, 4) is 11.1 Å². The molecule has 29 heavy (non-hydrogen) atoms. The molecule has 0 aromatic heterocycles. The molecule has 2 aromatic rings. The fraction of sp³-hybridized carbons (Fsp3) is 0.478. The fourth-order valence-corrected chi connectivity index (χ4v) is 6.02. The number of sulfonamides is 1. The summed E-state index contributed by atoms with van der Waals surface area (Å²) in [5.41, 5.74) is 3.53. The highest BCUT2D eigenvalue weighted by atomic mass is 32.2. The van der Waals surface area contributed by atoms with Crippen LogP contribution in [-0.2, 0) is 10.0 Å². The van der Waals surface area contributed by atoms with Gasteiger partial charge in [-0.15, -0.1) is 0 Å². The molecular weight excluding hydrogens is 384 g/mol. The molecule has 0 saturated carbocycles. The number of aliphatic hydroxyl groups is 1. The zero-order chi connectivity index (χ0) is 20.4. The van der Waals surface area contributed by atoms with E-state index in [1.54, 1.807) is 11.2 Å². The van der Waals surface area contributed by atoms with E-state index in [0.717, 1.165) is 19.4 Å². The van der Waals surface area contributed by atoms with Crippen molar-refractivity contribution in [1.82, 2.24) is 9.21 Å². The summed E-state index contributed by atoms with van der Waals surface area (Å²) in [6.07, 6.45) is 1.83. The third kappa shape index (κ3) is 3.99. The van der Waals surface area contributed by atoms with E-state index in [4.69, 9.17) is 0 Å². The van der Waals surface area contributed by atoms with Crippen molar-refractivity contribution in [3.05, 3.63) is 60.2 Å². The Bertz CT molecular complexity index is 915. The summed E-state index contributed by atoms with van der Waals surface area (Å²) in [4.78, 5) is 2.31. The van der Waals surface area contributed by atoms with Crippen molar-refractivity contribution in [3.63, 3.8) is 0 Å². The second-order valence-electron chi connectivity index (χ2n) is 8.03. The summed E-state index contributed by atoms with van der Waals surface area (Å²) in [5.74, 6) is 0.289. The molecule has 0 unspecified atom stereocenters. The predicted octanol–water partition coefficient (Wildman–Crippen LogP) is 2.93. The molecule has 2 heterocycles. The van der Waals surface area contributed by atoms with Crippen LogP contribution >= 0.6 is 0 Å². The molecule has 2 aliphatic rings. The lowest BCUT2D eigenvalue weighted by molar-refractivity contribution is -0.0553. The van der Waals surface area contributed by atoms with Gasteiger partial charge in [-0.25, -0.2) is 12.7 Å². The Kier molecular flexibility index (Phi) is 6.06. The average Bonchev–Trinajstić information content (AvgIpc) is 2.73. The van der Waals surface area contributed by atoms with Crippen LogP contribution in [0, 0.1) is 0 Å². The van der Waals surface area contributed by atoms with Gasteiger partial charge in [-0.05, 0) is 43.0 Å². The minimum absolute atomic E-state index is 0.0619. The molecule has 0 spiro atoms. The van der Waals surface area contributed by atoms with Crippen molar-refractivity contribution < 1.29 is 13.5 Å². The van der Waals surface area contributed by atoms with Gasteiger partial charge >= 0.3 is 0 Å².